The van der Waals surface area contributed by atoms with E-state index in [2.05, 4.69) is 25.9 Å². The van der Waals surface area contributed by atoms with Gasteiger partial charge in [-0.05, 0) is 60.8 Å². The van der Waals surface area contributed by atoms with Crippen LogP contribution in [-0.4, -0.2) is 47.3 Å². The number of hydrogen-bond donors (Lipinski definition) is 2. The van der Waals surface area contributed by atoms with Crippen molar-refractivity contribution in [2.75, 3.05) is 5.32 Å². The fourth-order valence-corrected chi connectivity index (χ4v) is 4.90. The second-order valence-electron chi connectivity index (χ2n) is 10.1. The average molecular weight is 543 g/mol. The average Bonchev–Trinajstić information content (AvgIpc) is 3.53. The van der Waals surface area contributed by atoms with Gasteiger partial charge in [0.2, 0.25) is 0 Å². The second kappa shape index (κ2) is 11.5. The smallest absolute Gasteiger partial charge is 0.343 e. The van der Waals surface area contributed by atoms with Gasteiger partial charge in [0.25, 0.3) is 11.8 Å². The molecule has 2 aromatic heterocycles. The number of amides is 2. The van der Waals surface area contributed by atoms with E-state index in [0.29, 0.717) is 29.5 Å². The van der Waals surface area contributed by atoms with Crippen molar-refractivity contribution in [1.82, 2.24) is 29.9 Å². The lowest BCUT2D eigenvalue weighted by atomic mass is 9.78. The molecule has 4 aromatic rings. The highest BCUT2D eigenvalue weighted by Gasteiger charge is 2.31. The molecule has 0 spiro atoms. The molecule has 1 saturated carbocycles. The van der Waals surface area contributed by atoms with Crippen LogP contribution in [0.5, 0.6) is 0 Å². The molecular weight excluding hydrogens is 512 g/mol. The molecule has 12 heteroatoms. The zero-order valence-electron chi connectivity index (χ0n) is 22.3. The molecular formula is C28H30N8O4. The SMILES string of the molecule is Cc1ccc(-c2cn(CCC3CC(NC(=O)Cn4c([N+](=O)[O-])cnc4C)C3)nn2)cc1C(=O)Nc1ccccc1. The molecule has 2 amide bonds. The van der Waals surface area contributed by atoms with E-state index in [-0.39, 0.29) is 30.2 Å². The Morgan fingerprint density at radius 3 is 2.65 bits per heavy atom. The Morgan fingerprint density at radius 2 is 1.90 bits per heavy atom. The molecule has 0 aliphatic heterocycles. The van der Waals surface area contributed by atoms with E-state index in [1.54, 1.807) is 11.6 Å². The number of nitrogens with zero attached hydrogens (tertiary/aromatic N) is 6. The Kier molecular flexibility index (Phi) is 7.67. The summed E-state index contributed by atoms with van der Waals surface area (Å²) in [6.45, 7) is 4.10. The van der Waals surface area contributed by atoms with Crippen LogP contribution in [0.3, 0.4) is 0 Å². The summed E-state index contributed by atoms with van der Waals surface area (Å²) in [5.41, 5.74) is 3.69. The van der Waals surface area contributed by atoms with Gasteiger partial charge in [0.1, 0.15) is 11.9 Å². The van der Waals surface area contributed by atoms with Crippen LogP contribution in [-0.2, 0) is 17.9 Å². The van der Waals surface area contributed by atoms with Crippen molar-refractivity contribution < 1.29 is 14.5 Å². The third-order valence-electron chi connectivity index (χ3n) is 7.24. The first kappa shape index (κ1) is 26.7. The maximum Gasteiger partial charge on any atom is 0.343 e. The zero-order valence-corrected chi connectivity index (χ0v) is 22.3. The van der Waals surface area contributed by atoms with Crippen molar-refractivity contribution in [3.05, 3.63) is 88.0 Å². The van der Waals surface area contributed by atoms with Crippen LogP contribution in [0.2, 0.25) is 0 Å². The van der Waals surface area contributed by atoms with Gasteiger partial charge < -0.3 is 20.7 Å². The van der Waals surface area contributed by atoms with Crippen LogP contribution in [0.4, 0.5) is 11.5 Å². The molecule has 1 aliphatic rings. The number of aromatic nitrogens is 5. The van der Waals surface area contributed by atoms with E-state index in [0.717, 1.165) is 42.3 Å². The summed E-state index contributed by atoms with van der Waals surface area (Å²) in [7, 11) is 0. The topological polar surface area (TPSA) is 150 Å². The number of anilines is 1. The summed E-state index contributed by atoms with van der Waals surface area (Å²) < 4.78 is 3.10. The molecule has 0 radical (unpaired) electrons. The Morgan fingerprint density at radius 1 is 1.12 bits per heavy atom. The van der Waals surface area contributed by atoms with Crippen molar-refractivity contribution in [2.45, 2.75) is 52.2 Å². The van der Waals surface area contributed by atoms with Crippen molar-refractivity contribution in [1.29, 1.82) is 0 Å². The number of para-hydroxylation sites is 1. The maximum absolute atomic E-state index is 12.9. The van der Waals surface area contributed by atoms with E-state index in [1.807, 2.05) is 61.7 Å². The minimum absolute atomic E-state index is 0.0553. The number of rotatable bonds is 10. The first-order chi connectivity index (χ1) is 19.3. The summed E-state index contributed by atoms with van der Waals surface area (Å²) in [5.74, 6) is 0.239. The molecule has 0 unspecified atom stereocenters. The molecule has 0 saturated heterocycles. The lowest BCUT2D eigenvalue weighted by Crippen LogP contribution is -2.45. The Balaban J connectivity index is 1.10. The first-order valence-corrected chi connectivity index (χ1v) is 13.1. The molecule has 0 atom stereocenters. The maximum atomic E-state index is 12.9. The Hall–Kier alpha value is -4.87. The number of imidazole rings is 1. The van der Waals surface area contributed by atoms with Gasteiger partial charge in [-0.15, -0.1) is 5.10 Å². The highest BCUT2D eigenvalue weighted by atomic mass is 16.6. The summed E-state index contributed by atoms with van der Waals surface area (Å²) >= 11 is 0. The number of benzene rings is 2. The molecule has 2 N–H and O–H groups in total. The van der Waals surface area contributed by atoms with Gasteiger partial charge in [0.15, 0.2) is 12.4 Å². The summed E-state index contributed by atoms with van der Waals surface area (Å²) in [6.07, 6.45) is 5.62. The lowest BCUT2D eigenvalue weighted by Gasteiger charge is -2.35. The van der Waals surface area contributed by atoms with E-state index in [4.69, 9.17) is 0 Å². The van der Waals surface area contributed by atoms with Crippen LogP contribution < -0.4 is 10.6 Å². The minimum atomic E-state index is -0.539. The predicted octanol–water partition coefficient (Wildman–Crippen LogP) is 3.90. The third kappa shape index (κ3) is 6.06. The van der Waals surface area contributed by atoms with E-state index in [9.17, 15) is 19.7 Å². The lowest BCUT2D eigenvalue weighted by molar-refractivity contribution is -0.392. The molecule has 1 fully saturated rings. The summed E-state index contributed by atoms with van der Waals surface area (Å²) in [5, 5.41) is 25.6. The number of aryl methyl sites for hydroxylation is 3. The standard InChI is InChI=1S/C28H30N8O4/c1-18-8-9-21(14-24(18)28(38)31-22-6-4-3-5-7-22)25-16-34(33-32-25)11-10-20-12-23(13-20)30-26(37)17-35-19(2)29-15-27(35)36(39)40/h3-9,14-16,20,23H,10-13,17H2,1-2H3,(H,30,37)(H,31,38). The van der Waals surface area contributed by atoms with Gasteiger partial charge in [0.05, 0.1) is 6.20 Å². The van der Waals surface area contributed by atoms with E-state index >= 15 is 0 Å². The summed E-state index contributed by atoms with van der Waals surface area (Å²) in [6, 6.07) is 15.1. The van der Waals surface area contributed by atoms with Gasteiger partial charge in [-0.2, -0.15) is 0 Å². The van der Waals surface area contributed by atoms with Crippen molar-refractivity contribution >= 4 is 23.3 Å². The van der Waals surface area contributed by atoms with Crippen LogP contribution >= 0.6 is 0 Å². The summed E-state index contributed by atoms with van der Waals surface area (Å²) in [4.78, 5) is 39.8. The first-order valence-electron chi connectivity index (χ1n) is 13.1. The molecule has 2 heterocycles. The quantitative estimate of drug-likeness (QED) is 0.228. The molecule has 0 bridgehead atoms. The molecule has 12 nitrogen and oxygen atoms in total. The van der Waals surface area contributed by atoms with Gasteiger partial charge in [-0.25, -0.2) is 9.55 Å². The fraction of sp³-hybridized carbons (Fsp3) is 0.321. The van der Waals surface area contributed by atoms with Crippen LogP contribution in [0, 0.1) is 29.9 Å². The zero-order chi connectivity index (χ0) is 28.2. The normalized spacial score (nSPS) is 16.2. The minimum Gasteiger partial charge on any atom is -0.358 e. The molecule has 40 heavy (non-hydrogen) atoms. The Labute approximate surface area is 230 Å². The predicted molar refractivity (Wildman–Crippen MR) is 147 cm³/mol. The second-order valence-corrected chi connectivity index (χ2v) is 10.1. The number of carbonyl (C=O) groups is 2. The van der Waals surface area contributed by atoms with Crippen molar-refractivity contribution in [3.8, 4) is 11.3 Å². The number of nitrogens with one attached hydrogen (secondary N) is 2. The molecule has 206 valence electrons. The van der Waals surface area contributed by atoms with Crippen LogP contribution in [0.25, 0.3) is 11.3 Å². The van der Waals surface area contributed by atoms with Gasteiger partial charge in [0, 0.05) is 36.3 Å². The fourth-order valence-electron chi connectivity index (χ4n) is 4.90. The van der Waals surface area contributed by atoms with Crippen molar-refractivity contribution in [2.24, 2.45) is 5.92 Å². The van der Waals surface area contributed by atoms with E-state index < -0.39 is 4.92 Å². The van der Waals surface area contributed by atoms with E-state index in [1.165, 1.54) is 4.57 Å². The highest BCUT2D eigenvalue weighted by Crippen LogP contribution is 2.31. The van der Waals surface area contributed by atoms with Crippen LogP contribution in [0.15, 0.2) is 60.9 Å². The van der Waals surface area contributed by atoms with Crippen LogP contribution in [0.1, 0.15) is 41.0 Å². The monoisotopic (exact) mass is 542 g/mol. The molecule has 2 aromatic carbocycles. The molecule has 1 aliphatic carbocycles. The number of hydrogen-bond acceptors (Lipinski definition) is 7. The number of nitro groups is 1. The van der Waals surface area contributed by atoms with Gasteiger partial charge >= 0.3 is 5.82 Å². The highest BCUT2D eigenvalue weighted by molar-refractivity contribution is 6.05. The number of carbonyl (C=O) groups excluding carboxylic acids is 2. The largest absolute Gasteiger partial charge is 0.358 e. The Bertz CT molecular complexity index is 1540. The van der Waals surface area contributed by atoms with Crippen molar-refractivity contribution in [3.63, 3.8) is 0 Å². The third-order valence-corrected chi connectivity index (χ3v) is 7.24. The van der Waals surface area contributed by atoms with Gasteiger partial charge in [-0.1, -0.05) is 35.5 Å². The van der Waals surface area contributed by atoms with Gasteiger partial charge in [-0.3, -0.25) is 14.3 Å². The molecule has 5 rings (SSSR count).